The number of carbonyl (C=O) groups is 2. The highest BCUT2D eigenvalue weighted by Gasteiger charge is 2.24. The van der Waals surface area contributed by atoms with Crippen molar-refractivity contribution in [2.45, 2.75) is 25.7 Å². The number of aryl methyl sites for hydroxylation is 1. The Labute approximate surface area is 188 Å². The number of aromatic nitrogens is 1. The van der Waals surface area contributed by atoms with E-state index in [-0.39, 0.29) is 15.1 Å². The van der Waals surface area contributed by atoms with Gasteiger partial charge in [0, 0.05) is 11.1 Å². The largest absolute Gasteiger partial charge is 0.452 e. The van der Waals surface area contributed by atoms with Crippen molar-refractivity contribution in [1.29, 1.82) is 0 Å². The lowest BCUT2D eigenvalue weighted by molar-refractivity contribution is -0.119. The van der Waals surface area contributed by atoms with Gasteiger partial charge in [-0.05, 0) is 49.4 Å². The van der Waals surface area contributed by atoms with Crippen molar-refractivity contribution < 1.29 is 14.3 Å². The average Bonchev–Trinajstić information content (AvgIpc) is 2.74. The van der Waals surface area contributed by atoms with Gasteiger partial charge in [0.05, 0.1) is 31.8 Å². The van der Waals surface area contributed by atoms with Crippen molar-refractivity contribution in [3.63, 3.8) is 0 Å². The zero-order valence-electron chi connectivity index (χ0n) is 15.8. The van der Waals surface area contributed by atoms with E-state index in [1.165, 1.54) is 12.1 Å². The van der Waals surface area contributed by atoms with E-state index in [4.69, 9.17) is 44.5 Å². The maximum absolute atomic E-state index is 13.0. The van der Waals surface area contributed by atoms with Gasteiger partial charge in [-0.25, -0.2) is 4.79 Å². The van der Waals surface area contributed by atoms with E-state index in [2.05, 4.69) is 5.32 Å². The molecule has 0 fully saturated rings. The predicted octanol–water partition coefficient (Wildman–Crippen LogP) is 5.87. The third-order valence-electron chi connectivity index (χ3n) is 4.99. The minimum atomic E-state index is -0.540. The SMILES string of the molecule is O=C(COC(=O)c1c2c(nc3ccccc13)CCCC2)Nc1cc(Cl)c(Cl)cc1Cl. The van der Waals surface area contributed by atoms with E-state index in [9.17, 15) is 9.59 Å². The van der Waals surface area contributed by atoms with Crippen LogP contribution in [0.2, 0.25) is 15.1 Å². The quantitative estimate of drug-likeness (QED) is 0.388. The van der Waals surface area contributed by atoms with Gasteiger partial charge in [0.15, 0.2) is 6.61 Å². The molecule has 1 N–H and O–H groups in total. The number of anilines is 1. The fourth-order valence-corrected chi connectivity index (χ4v) is 4.21. The van der Waals surface area contributed by atoms with Crippen molar-refractivity contribution in [3.8, 4) is 0 Å². The summed E-state index contributed by atoms with van der Waals surface area (Å²) in [5.41, 5.74) is 3.38. The number of amides is 1. The second-order valence-corrected chi connectivity index (χ2v) is 8.23. The number of para-hydroxylation sites is 1. The number of carbonyl (C=O) groups excluding carboxylic acids is 2. The van der Waals surface area contributed by atoms with E-state index in [1.54, 1.807) is 0 Å². The van der Waals surface area contributed by atoms with Crippen molar-refractivity contribution in [2.24, 2.45) is 0 Å². The van der Waals surface area contributed by atoms with Crippen LogP contribution < -0.4 is 5.32 Å². The van der Waals surface area contributed by atoms with Crippen molar-refractivity contribution >= 4 is 63.3 Å². The van der Waals surface area contributed by atoms with Gasteiger partial charge in [-0.3, -0.25) is 9.78 Å². The third-order valence-corrected chi connectivity index (χ3v) is 6.03. The highest BCUT2D eigenvalue weighted by Crippen LogP contribution is 2.32. The van der Waals surface area contributed by atoms with Crippen LogP contribution in [0.1, 0.15) is 34.5 Å². The molecule has 1 aliphatic rings. The molecule has 3 aromatic rings. The van der Waals surface area contributed by atoms with E-state index in [1.807, 2.05) is 24.3 Å². The molecule has 0 spiro atoms. The first-order valence-electron chi connectivity index (χ1n) is 9.46. The molecular formula is C22H17Cl3N2O3. The van der Waals surface area contributed by atoms with Crippen molar-refractivity contribution in [3.05, 3.63) is 68.3 Å². The summed E-state index contributed by atoms with van der Waals surface area (Å²) in [7, 11) is 0. The smallest absolute Gasteiger partial charge is 0.339 e. The molecule has 0 saturated carbocycles. The maximum atomic E-state index is 13.0. The number of hydrogen-bond donors (Lipinski definition) is 1. The molecule has 1 amide bonds. The topological polar surface area (TPSA) is 68.3 Å². The number of pyridine rings is 1. The molecule has 1 aromatic heterocycles. The Hall–Kier alpha value is -2.34. The molecule has 8 heteroatoms. The predicted molar refractivity (Wildman–Crippen MR) is 119 cm³/mol. The van der Waals surface area contributed by atoms with Crippen LogP contribution in [0.3, 0.4) is 0 Å². The number of esters is 1. The Kier molecular flexibility index (Phi) is 6.14. The number of fused-ring (bicyclic) bond motifs is 2. The van der Waals surface area contributed by atoms with Crippen LogP contribution in [0.5, 0.6) is 0 Å². The summed E-state index contributed by atoms with van der Waals surface area (Å²) in [6.45, 7) is -0.458. The summed E-state index contributed by atoms with van der Waals surface area (Å²) in [4.78, 5) is 30.0. The first kappa shape index (κ1) is 20.9. The fourth-order valence-electron chi connectivity index (χ4n) is 3.61. The van der Waals surface area contributed by atoms with Crippen LogP contribution in [0, 0.1) is 0 Å². The maximum Gasteiger partial charge on any atom is 0.339 e. The lowest BCUT2D eigenvalue weighted by Crippen LogP contribution is -2.22. The first-order valence-corrected chi connectivity index (χ1v) is 10.6. The molecule has 154 valence electrons. The zero-order chi connectivity index (χ0) is 21.3. The molecular weight excluding hydrogens is 447 g/mol. The second kappa shape index (κ2) is 8.80. The first-order chi connectivity index (χ1) is 14.4. The van der Waals surface area contributed by atoms with Gasteiger partial charge in [0.2, 0.25) is 0 Å². The Bertz CT molecular complexity index is 1160. The average molecular weight is 464 g/mol. The molecule has 5 nitrogen and oxygen atoms in total. The van der Waals surface area contributed by atoms with Crippen LogP contribution in [-0.4, -0.2) is 23.5 Å². The number of hydrogen-bond acceptors (Lipinski definition) is 4. The van der Waals surface area contributed by atoms with Crippen LogP contribution in [-0.2, 0) is 22.4 Å². The Balaban J connectivity index is 1.54. The molecule has 2 aromatic carbocycles. The Morgan fingerprint density at radius 1 is 1.00 bits per heavy atom. The molecule has 0 unspecified atom stereocenters. The summed E-state index contributed by atoms with van der Waals surface area (Å²) in [6, 6.07) is 10.3. The molecule has 1 aliphatic carbocycles. The van der Waals surface area contributed by atoms with Gasteiger partial charge >= 0.3 is 5.97 Å². The molecule has 30 heavy (non-hydrogen) atoms. The van der Waals surface area contributed by atoms with Crippen molar-refractivity contribution in [1.82, 2.24) is 4.98 Å². The zero-order valence-corrected chi connectivity index (χ0v) is 18.1. The van der Waals surface area contributed by atoms with Crippen LogP contribution >= 0.6 is 34.8 Å². The van der Waals surface area contributed by atoms with Gasteiger partial charge in [0.25, 0.3) is 5.91 Å². The van der Waals surface area contributed by atoms with Gasteiger partial charge in [-0.2, -0.15) is 0 Å². The van der Waals surface area contributed by atoms with Gasteiger partial charge in [0.1, 0.15) is 0 Å². The lowest BCUT2D eigenvalue weighted by atomic mass is 9.90. The lowest BCUT2D eigenvalue weighted by Gasteiger charge is -2.20. The number of halogens is 3. The summed E-state index contributed by atoms with van der Waals surface area (Å²) < 4.78 is 5.35. The minimum absolute atomic E-state index is 0.235. The normalized spacial score (nSPS) is 13.0. The number of nitrogens with zero attached hydrogens (tertiary/aromatic N) is 1. The second-order valence-electron chi connectivity index (χ2n) is 7.01. The van der Waals surface area contributed by atoms with Crippen molar-refractivity contribution in [2.75, 3.05) is 11.9 Å². The third kappa shape index (κ3) is 4.24. The van der Waals surface area contributed by atoms with Crippen LogP contribution in [0.4, 0.5) is 5.69 Å². The number of ether oxygens (including phenoxy) is 1. The van der Waals surface area contributed by atoms with E-state index >= 15 is 0 Å². The Morgan fingerprint density at radius 3 is 2.57 bits per heavy atom. The number of nitrogens with one attached hydrogen (secondary N) is 1. The molecule has 4 rings (SSSR count). The Morgan fingerprint density at radius 2 is 1.73 bits per heavy atom. The van der Waals surface area contributed by atoms with E-state index < -0.39 is 18.5 Å². The highest BCUT2D eigenvalue weighted by molar-refractivity contribution is 6.44. The standard InChI is InChI=1S/C22H17Cl3N2O3/c23-14-9-16(25)19(10-15(14)24)27-20(28)11-30-22(29)21-12-5-1-3-7-17(12)26-18-8-4-2-6-13(18)21/h1,3,5,7,9-10H,2,4,6,8,11H2,(H,27,28). The van der Waals surface area contributed by atoms with Gasteiger partial charge in [-0.15, -0.1) is 0 Å². The summed E-state index contributed by atoms with van der Waals surface area (Å²) >= 11 is 17.9. The highest BCUT2D eigenvalue weighted by atomic mass is 35.5. The van der Waals surface area contributed by atoms with E-state index in [0.29, 0.717) is 11.3 Å². The molecule has 1 heterocycles. The molecule has 0 atom stereocenters. The van der Waals surface area contributed by atoms with Gasteiger partial charge in [-0.1, -0.05) is 53.0 Å². The fraction of sp³-hybridized carbons (Fsp3) is 0.227. The minimum Gasteiger partial charge on any atom is -0.452 e. The number of rotatable bonds is 4. The molecule has 0 bridgehead atoms. The monoisotopic (exact) mass is 462 g/mol. The number of benzene rings is 2. The molecule has 0 saturated heterocycles. The van der Waals surface area contributed by atoms with Crippen LogP contribution in [0.15, 0.2) is 36.4 Å². The summed E-state index contributed by atoms with van der Waals surface area (Å²) in [6.07, 6.45) is 3.63. The summed E-state index contributed by atoms with van der Waals surface area (Å²) in [5, 5.41) is 4.08. The summed E-state index contributed by atoms with van der Waals surface area (Å²) in [5.74, 6) is -1.07. The molecule has 0 radical (unpaired) electrons. The van der Waals surface area contributed by atoms with E-state index in [0.717, 1.165) is 47.8 Å². The van der Waals surface area contributed by atoms with Gasteiger partial charge < -0.3 is 10.1 Å². The molecule has 0 aliphatic heterocycles. The van der Waals surface area contributed by atoms with Crippen LogP contribution in [0.25, 0.3) is 10.9 Å².